The number of urea groups is 1. The van der Waals surface area contributed by atoms with Gasteiger partial charge in [0, 0.05) is 20.1 Å². The molecule has 4 rings (SSSR count). The molecule has 2 aliphatic heterocycles. The number of nitrogens with one attached hydrogen (secondary N) is 1. The van der Waals surface area contributed by atoms with Gasteiger partial charge >= 0.3 is 12.0 Å². The average molecular weight is 498 g/mol. The molecule has 0 bridgehead atoms. The van der Waals surface area contributed by atoms with Crippen molar-refractivity contribution in [1.82, 2.24) is 25.1 Å². The zero-order chi connectivity index (χ0) is 26.0. The number of carboxylic acids is 1. The van der Waals surface area contributed by atoms with Gasteiger partial charge in [-0.15, -0.1) is 0 Å². The Labute approximate surface area is 207 Å². The predicted molar refractivity (Wildman–Crippen MR) is 126 cm³/mol. The number of hydrazine groups is 1. The third kappa shape index (κ3) is 5.30. The van der Waals surface area contributed by atoms with Gasteiger partial charge in [0.1, 0.15) is 18.0 Å². The summed E-state index contributed by atoms with van der Waals surface area (Å²) in [4.78, 5) is 54.0. The van der Waals surface area contributed by atoms with Crippen molar-refractivity contribution in [3.63, 3.8) is 0 Å². The van der Waals surface area contributed by atoms with Crippen LogP contribution in [0.5, 0.6) is 0 Å². The summed E-state index contributed by atoms with van der Waals surface area (Å²) in [6, 6.07) is 11.5. The molecule has 0 aromatic heterocycles. The highest BCUT2D eigenvalue weighted by Crippen LogP contribution is 2.28. The lowest BCUT2D eigenvalue weighted by molar-refractivity contribution is -0.189. The molecule has 2 atom stereocenters. The third-order valence-electron chi connectivity index (χ3n) is 6.33. The molecule has 2 heterocycles. The number of carbonyl (C=O) groups excluding carboxylic acids is 3. The Hall–Kier alpha value is -3.99. The summed E-state index contributed by atoms with van der Waals surface area (Å²) < 4.78 is 13.2. The van der Waals surface area contributed by atoms with Crippen LogP contribution in [0.2, 0.25) is 0 Å². The van der Waals surface area contributed by atoms with E-state index in [2.05, 4.69) is 5.32 Å². The molecule has 0 aliphatic carbocycles. The number of carbonyl (C=O) groups is 4. The van der Waals surface area contributed by atoms with E-state index in [9.17, 15) is 28.7 Å². The number of benzene rings is 2. The molecular formula is C25H28FN5O5. The summed E-state index contributed by atoms with van der Waals surface area (Å²) in [6.45, 7) is 2.08. The van der Waals surface area contributed by atoms with Crippen molar-refractivity contribution in [2.45, 2.75) is 38.6 Å². The first kappa shape index (κ1) is 25.1. The number of likely N-dealkylation sites (N-methyl/N-ethyl adjacent to an activating group) is 1. The number of hydrogen-bond donors (Lipinski definition) is 2. The minimum atomic E-state index is -1.24. The van der Waals surface area contributed by atoms with Crippen molar-refractivity contribution in [1.29, 1.82) is 0 Å². The van der Waals surface area contributed by atoms with Crippen LogP contribution < -0.4 is 5.32 Å². The van der Waals surface area contributed by atoms with E-state index in [-0.39, 0.29) is 32.0 Å². The molecule has 2 saturated heterocycles. The number of piperazine rings is 1. The van der Waals surface area contributed by atoms with Crippen LogP contribution in [0.15, 0.2) is 48.5 Å². The van der Waals surface area contributed by atoms with Crippen LogP contribution >= 0.6 is 0 Å². The number of rotatable bonds is 6. The minimum Gasteiger partial charge on any atom is -0.481 e. The van der Waals surface area contributed by atoms with Crippen LogP contribution in [0.1, 0.15) is 23.1 Å². The Kier molecular flexibility index (Phi) is 7.20. The van der Waals surface area contributed by atoms with Gasteiger partial charge < -0.3 is 20.2 Å². The second kappa shape index (κ2) is 10.3. The van der Waals surface area contributed by atoms with Crippen LogP contribution in [-0.2, 0) is 27.5 Å². The van der Waals surface area contributed by atoms with E-state index in [1.807, 2.05) is 31.2 Å². The number of aryl methyl sites for hydroxylation is 1. The molecule has 2 aromatic carbocycles. The average Bonchev–Trinajstić information content (AvgIpc) is 2.81. The first-order valence-corrected chi connectivity index (χ1v) is 11.5. The smallest absolute Gasteiger partial charge is 0.334 e. The van der Waals surface area contributed by atoms with Crippen LogP contribution in [-0.4, -0.2) is 81.1 Å². The lowest BCUT2D eigenvalue weighted by Crippen LogP contribution is -2.76. The Balaban J connectivity index is 1.61. The standard InChI is InChI=1S/C25H28FN5O5/c1-16-4-3-5-18(10-16)13-29-14-21-30(20(24(29)35)11-23(33)34)22(32)15-28(2)31(21)25(36)27-12-17-6-8-19(26)9-7-17/h3-10,20-21H,11-15H2,1-2H3,(H,27,36)(H,33,34)/t20-,21-/m0/s1. The maximum absolute atomic E-state index is 13.4. The predicted octanol–water partition coefficient (Wildman–Crippen LogP) is 1.55. The molecule has 2 fully saturated rings. The second-order valence-corrected chi connectivity index (χ2v) is 9.05. The Bertz CT molecular complexity index is 1170. The zero-order valence-electron chi connectivity index (χ0n) is 20.1. The molecule has 10 nitrogen and oxygen atoms in total. The van der Waals surface area contributed by atoms with Crippen molar-refractivity contribution in [2.24, 2.45) is 0 Å². The molecular weight excluding hydrogens is 469 g/mol. The summed E-state index contributed by atoms with van der Waals surface area (Å²) in [5.41, 5.74) is 2.55. The summed E-state index contributed by atoms with van der Waals surface area (Å²) in [5.74, 6) is -2.51. The molecule has 0 radical (unpaired) electrons. The number of aliphatic carboxylic acids is 1. The molecule has 0 unspecified atom stereocenters. The van der Waals surface area contributed by atoms with E-state index >= 15 is 0 Å². The quantitative estimate of drug-likeness (QED) is 0.626. The molecule has 36 heavy (non-hydrogen) atoms. The fraction of sp³-hybridized carbons (Fsp3) is 0.360. The highest BCUT2D eigenvalue weighted by Gasteiger charge is 2.51. The lowest BCUT2D eigenvalue weighted by atomic mass is 10.0. The van der Waals surface area contributed by atoms with Crippen molar-refractivity contribution >= 4 is 23.8 Å². The van der Waals surface area contributed by atoms with Crippen LogP contribution in [0, 0.1) is 12.7 Å². The summed E-state index contributed by atoms with van der Waals surface area (Å²) in [7, 11) is 1.58. The highest BCUT2D eigenvalue weighted by atomic mass is 19.1. The number of hydrogen-bond acceptors (Lipinski definition) is 5. The van der Waals surface area contributed by atoms with Gasteiger partial charge in [-0.05, 0) is 30.2 Å². The summed E-state index contributed by atoms with van der Waals surface area (Å²) in [5, 5.41) is 15.1. The Morgan fingerprint density at radius 1 is 1.11 bits per heavy atom. The molecule has 0 saturated carbocycles. The van der Waals surface area contributed by atoms with Gasteiger partial charge in [0.15, 0.2) is 0 Å². The summed E-state index contributed by atoms with van der Waals surface area (Å²) in [6.07, 6.45) is -1.46. The number of fused-ring (bicyclic) bond motifs is 1. The molecule has 11 heteroatoms. The van der Waals surface area contributed by atoms with Gasteiger partial charge in [0.25, 0.3) is 0 Å². The fourth-order valence-corrected chi connectivity index (χ4v) is 4.70. The molecule has 2 aromatic rings. The number of nitrogens with zero attached hydrogens (tertiary/aromatic N) is 4. The molecule has 0 spiro atoms. The van der Waals surface area contributed by atoms with E-state index in [4.69, 9.17) is 0 Å². The van der Waals surface area contributed by atoms with Gasteiger partial charge in [-0.25, -0.2) is 19.2 Å². The van der Waals surface area contributed by atoms with Crippen molar-refractivity contribution in [2.75, 3.05) is 20.1 Å². The first-order valence-electron chi connectivity index (χ1n) is 11.5. The molecule has 2 N–H and O–H groups in total. The van der Waals surface area contributed by atoms with E-state index in [1.54, 1.807) is 19.2 Å². The fourth-order valence-electron chi connectivity index (χ4n) is 4.70. The largest absolute Gasteiger partial charge is 0.481 e. The van der Waals surface area contributed by atoms with Crippen LogP contribution in [0.3, 0.4) is 0 Å². The Morgan fingerprint density at radius 3 is 2.50 bits per heavy atom. The maximum Gasteiger partial charge on any atom is 0.334 e. The van der Waals surface area contributed by atoms with Crippen molar-refractivity contribution < 1.29 is 28.7 Å². The van der Waals surface area contributed by atoms with Gasteiger partial charge in [-0.3, -0.25) is 14.4 Å². The van der Waals surface area contributed by atoms with E-state index in [0.29, 0.717) is 5.56 Å². The normalized spacial score (nSPS) is 20.4. The first-order chi connectivity index (χ1) is 17.1. The number of amides is 4. The molecule has 190 valence electrons. The maximum atomic E-state index is 13.4. The highest BCUT2D eigenvalue weighted by molar-refractivity contribution is 5.93. The lowest BCUT2D eigenvalue weighted by Gasteiger charge is -2.54. The second-order valence-electron chi connectivity index (χ2n) is 9.05. The minimum absolute atomic E-state index is 0.0168. The monoisotopic (exact) mass is 497 g/mol. The van der Waals surface area contributed by atoms with Gasteiger partial charge in [-0.2, -0.15) is 0 Å². The molecule has 4 amide bonds. The SMILES string of the molecule is Cc1cccc(CN2C[C@H]3N(C(=O)CN(C)N3C(=O)NCc3ccc(F)cc3)[C@@H](CC(=O)O)C2=O)c1. The van der Waals surface area contributed by atoms with E-state index in [0.717, 1.165) is 11.1 Å². The van der Waals surface area contributed by atoms with Gasteiger partial charge in [-0.1, -0.05) is 42.0 Å². The topological polar surface area (TPSA) is 114 Å². The van der Waals surface area contributed by atoms with Gasteiger partial charge in [0.2, 0.25) is 11.8 Å². The van der Waals surface area contributed by atoms with Crippen LogP contribution in [0.25, 0.3) is 0 Å². The van der Waals surface area contributed by atoms with Crippen molar-refractivity contribution in [3.8, 4) is 0 Å². The zero-order valence-corrected chi connectivity index (χ0v) is 20.1. The Morgan fingerprint density at radius 2 is 1.83 bits per heavy atom. The number of halogens is 1. The van der Waals surface area contributed by atoms with Gasteiger partial charge in [0.05, 0.1) is 19.5 Å². The third-order valence-corrected chi connectivity index (χ3v) is 6.33. The van der Waals surface area contributed by atoms with Crippen molar-refractivity contribution in [3.05, 3.63) is 71.0 Å². The van der Waals surface area contributed by atoms with E-state index in [1.165, 1.54) is 32.0 Å². The van der Waals surface area contributed by atoms with Crippen LogP contribution in [0.4, 0.5) is 9.18 Å². The van der Waals surface area contributed by atoms with E-state index < -0.39 is 42.4 Å². The number of carboxylic acid groups (broad SMARTS) is 1. The summed E-state index contributed by atoms with van der Waals surface area (Å²) >= 11 is 0. The molecule has 2 aliphatic rings.